The fourth-order valence-corrected chi connectivity index (χ4v) is 2.01. The Balaban J connectivity index is 2.19. The van der Waals surface area contributed by atoms with Crippen molar-refractivity contribution in [2.24, 2.45) is 0 Å². The SMILES string of the molecule is Fc1ccc(-c2nc3ncc(Br)cc3[nH]2)c(F)c1. The standard InChI is InChI=1S/C12H6BrF2N3/c13-6-3-10-12(16-5-6)18-11(17-10)8-2-1-7(14)4-9(8)15/h1-5H,(H,16,17,18). The van der Waals surface area contributed by atoms with Gasteiger partial charge in [-0.25, -0.2) is 18.7 Å². The molecule has 0 atom stereocenters. The summed E-state index contributed by atoms with van der Waals surface area (Å²) in [6, 6.07) is 5.15. The summed E-state index contributed by atoms with van der Waals surface area (Å²) in [7, 11) is 0. The van der Waals surface area contributed by atoms with Crippen molar-refractivity contribution < 1.29 is 8.78 Å². The van der Waals surface area contributed by atoms with Crippen LogP contribution in [0.2, 0.25) is 0 Å². The van der Waals surface area contributed by atoms with Crippen molar-refractivity contribution in [1.82, 2.24) is 15.0 Å². The molecule has 0 radical (unpaired) electrons. The molecule has 0 aliphatic carbocycles. The molecule has 0 aliphatic rings. The molecule has 0 spiro atoms. The van der Waals surface area contributed by atoms with Crippen LogP contribution in [-0.4, -0.2) is 15.0 Å². The molecule has 2 heterocycles. The zero-order valence-corrected chi connectivity index (χ0v) is 10.5. The van der Waals surface area contributed by atoms with Gasteiger partial charge in [0.1, 0.15) is 17.5 Å². The van der Waals surface area contributed by atoms with E-state index in [4.69, 9.17) is 0 Å². The number of imidazole rings is 1. The van der Waals surface area contributed by atoms with Crippen molar-refractivity contribution in [1.29, 1.82) is 0 Å². The zero-order chi connectivity index (χ0) is 12.7. The Morgan fingerprint density at radius 3 is 2.78 bits per heavy atom. The third-order valence-corrected chi connectivity index (χ3v) is 2.92. The monoisotopic (exact) mass is 309 g/mol. The van der Waals surface area contributed by atoms with E-state index in [1.54, 1.807) is 12.3 Å². The molecule has 3 nitrogen and oxygen atoms in total. The maximum absolute atomic E-state index is 13.6. The number of halogens is 3. The van der Waals surface area contributed by atoms with Gasteiger partial charge < -0.3 is 4.98 Å². The molecule has 2 aromatic heterocycles. The quantitative estimate of drug-likeness (QED) is 0.745. The van der Waals surface area contributed by atoms with Crippen LogP contribution >= 0.6 is 15.9 Å². The van der Waals surface area contributed by atoms with Crippen LogP contribution in [0.15, 0.2) is 34.9 Å². The molecule has 1 N–H and O–H groups in total. The molecule has 0 unspecified atom stereocenters. The Kier molecular flexibility index (Phi) is 2.59. The normalized spacial score (nSPS) is 11.1. The maximum atomic E-state index is 13.6. The largest absolute Gasteiger partial charge is 0.336 e. The highest BCUT2D eigenvalue weighted by atomic mass is 79.9. The first-order chi connectivity index (χ1) is 8.63. The number of aromatic amines is 1. The number of benzene rings is 1. The Morgan fingerprint density at radius 1 is 1.17 bits per heavy atom. The first kappa shape index (κ1) is 11.3. The van der Waals surface area contributed by atoms with Gasteiger partial charge in [0.2, 0.25) is 0 Å². The molecule has 18 heavy (non-hydrogen) atoms. The number of hydrogen-bond donors (Lipinski definition) is 1. The number of pyridine rings is 1. The van der Waals surface area contributed by atoms with Gasteiger partial charge in [-0.15, -0.1) is 0 Å². The molecule has 6 heteroatoms. The number of nitrogens with zero attached hydrogens (tertiary/aromatic N) is 2. The van der Waals surface area contributed by atoms with Crippen molar-refractivity contribution in [3.8, 4) is 11.4 Å². The van der Waals surface area contributed by atoms with Gasteiger partial charge >= 0.3 is 0 Å². The van der Waals surface area contributed by atoms with Gasteiger partial charge in [0.15, 0.2) is 5.65 Å². The highest BCUT2D eigenvalue weighted by Crippen LogP contribution is 2.24. The lowest BCUT2D eigenvalue weighted by Gasteiger charge is -1.98. The van der Waals surface area contributed by atoms with Crippen LogP contribution in [0.3, 0.4) is 0 Å². The van der Waals surface area contributed by atoms with Crippen molar-refractivity contribution in [2.75, 3.05) is 0 Å². The number of H-pyrrole nitrogens is 1. The Hall–Kier alpha value is -1.82. The van der Waals surface area contributed by atoms with E-state index in [9.17, 15) is 8.78 Å². The van der Waals surface area contributed by atoms with Crippen molar-refractivity contribution in [3.05, 3.63) is 46.6 Å². The lowest BCUT2D eigenvalue weighted by atomic mass is 10.2. The highest BCUT2D eigenvalue weighted by Gasteiger charge is 2.11. The summed E-state index contributed by atoms with van der Waals surface area (Å²) in [6.07, 6.45) is 1.61. The fraction of sp³-hybridized carbons (Fsp3) is 0. The zero-order valence-electron chi connectivity index (χ0n) is 8.92. The van der Waals surface area contributed by atoms with Gasteiger partial charge in [-0.2, -0.15) is 0 Å². The van der Waals surface area contributed by atoms with E-state index >= 15 is 0 Å². The predicted octanol–water partition coefficient (Wildman–Crippen LogP) is 3.67. The van der Waals surface area contributed by atoms with Crippen molar-refractivity contribution >= 4 is 27.1 Å². The third kappa shape index (κ3) is 1.88. The Bertz CT molecular complexity index is 739. The summed E-state index contributed by atoms with van der Waals surface area (Å²) in [4.78, 5) is 11.2. The Labute approximate surface area is 109 Å². The van der Waals surface area contributed by atoms with Crippen LogP contribution in [0, 0.1) is 11.6 Å². The van der Waals surface area contributed by atoms with Crippen LogP contribution < -0.4 is 0 Å². The smallest absolute Gasteiger partial charge is 0.178 e. The minimum Gasteiger partial charge on any atom is -0.336 e. The van der Waals surface area contributed by atoms with Gasteiger partial charge in [0.05, 0.1) is 11.1 Å². The summed E-state index contributed by atoms with van der Waals surface area (Å²) >= 11 is 3.29. The average Bonchev–Trinajstić information content (AvgIpc) is 2.71. The molecule has 0 saturated carbocycles. The molecule has 0 saturated heterocycles. The molecule has 90 valence electrons. The molecule has 3 rings (SSSR count). The highest BCUT2D eigenvalue weighted by molar-refractivity contribution is 9.10. The van der Waals surface area contributed by atoms with E-state index < -0.39 is 11.6 Å². The van der Waals surface area contributed by atoms with Crippen LogP contribution in [0.25, 0.3) is 22.6 Å². The lowest BCUT2D eigenvalue weighted by molar-refractivity contribution is 0.585. The molecule has 3 aromatic rings. The number of rotatable bonds is 1. The van der Waals surface area contributed by atoms with Crippen molar-refractivity contribution in [3.63, 3.8) is 0 Å². The first-order valence-electron chi connectivity index (χ1n) is 5.10. The van der Waals surface area contributed by atoms with E-state index in [1.807, 2.05) is 0 Å². The summed E-state index contributed by atoms with van der Waals surface area (Å²) < 4.78 is 27.2. The number of nitrogens with one attached hydrogen (secondary N) is 1. The van der Waals surface area contributed by atoms with Crippen LogP contribution in [-0.2, 0) is 0 Å². The van der Waals surface area contributed by atoms with Crippen LogP contribution in [0.5, 0.6) is 0 Å². The summed E-state index contributed by atoms with van der Waals surface area (Å²) in [5.41, 5.74) is 1.38. The van der Waals surface area contributed by atoms with Crippen molar-refractivity contribution in [2.45, 2.75) is 0 Å². The van der Waals surface area contributed by atoms with Gasteiger partial charge in [-0.1, -0.05) is 0 Å². The fourth-order valence-electron chi connectivity index (χ4n) is 1.68. The second-order valence-electron chi connectivity index (χ2n) is 3.73. The molecular formula is C12H6BrF2N3. The number of aromatic nitrogens is 3. The van der Waals surface area contributed by atoms with E-state index in [1.165, 1.54) is 12.1 Å². The molecule has 0 fully saturated rings. The summed E-state index contributed by atoms with van der Waals surface area (Å²) in [6.45, 7) is 0. The van der Waals surface area contributed by atoms with Gasteiger partial charge in [0.25, 0.3) is 0 Å². The minimum absolute atomic E-state index is 0.213. The van der Waals surface area contributed by atoms with Gasteiger partial charge in [0, 0.05) is 16.7 Å². The van der Waals surface area contributed by atoms with Gasteiger partial charge in [-0.3, -0.25) is 0 Å². The second-order valence-corrected chi connectivity index (χ2v) is 4.65. The minimum atomic E-state index is -0.659. The topological polar surface area (TPSA) is 41.6 Å². The first-order valence-corrected chi connectivity index (χ1v) is 5.89. The number of hydrogen-bond acceptors (Lipinski definition) is 2. The maximum Gasteiger partial charge on any atom is 0.178 e. The van der Waals surface area contributed by atoms with E-state index in [-0.39, 0.29) is 5.56 Å². The van der Waals surface area contributed by atoms with E-state index in [2.05, 4.69) is 30.9 Å². The lowest BCUT2D eigenvalue weighted by Crippen LogP contribution is -1.87. The summed E-state index contributed by atoms with van der Waals surface area (Å²) in [5.74, 6) is -0.950. The molecular weight excluding hydrogens is 304 g/mol. The molecule has 1 aromatic carbocycles. The number of fused-ring (bicyclic) bond motifs is 1. The summed E-state index contributed by atoms with van der Waals surface area (Å²) in [5, 5.41) is 0. The molecule has 0 amide bonds. The Morgan fingerprint density at radius 2 is 2.00 bits per heavy atom. The average molecular weight is 310 g/mol. The van der Waals surface area contributed by atoms with Crippen LogP contribution in [0.1, 0.15) is 0 Å². The predicted molar refractivity (Wildman–Crippen MR) is 66.9 cm³/mol. The molecule has 0 bridgehead atoms. The third-order valence-electron chi connectivity index (χ3n) is 2.49. The van der Waals surface area contributed by atoms with E-state index in [0.29, 0.717) is 17.0 Å². The second kappa shape index (κ2) is 4.13. The molecule has 0 aliphatic heterocycles. The van der Waals surface area contributed by atoms with Crippen LogP contribution in [0.4, 0.5) is 8.78 Å². The van der Waals surface area contributed by atoms with Gasteiger partial charge in [-0.05, 0) is 34.1 Å². The van der Waals surface area contributed by atoms with E-state index in [0.717, 1.165) is 10.5 Å².